The fourth-order valence-corrected chi connectivity index (χ4v) is 2.60. The molecule has 8 heteroatoms. The van der Waals surface area contributed by atoms with Crippen molar-refractivity contribution in [1.29, 1.82) is 0 Å². The van der Waals surface area contributed by atoms with Gasteiger partial charge in [-0.1, -0.05) is 11.6 Å². The van der Waals surface area contributed by atoms with E-state index in [-0.39, 0.29) is 16.5 Å². The second kappa shape index (κ2) is 5.52. The molecule has 0 saturated carbocycles. The SMILES string of the molecule is O=c1[nH]cc(S(=O)(=O)NCc2ccncc2)cc1Cl. The van der Waals surface area contributed by atoms with Crippen molar-refractivity contribution in [3.63, 3.8) is 0 Å². The number of aromatic nitrogens is 2. The van der Waals surface area contributed by atoms with Crippen LogP contribution in [0.3, 0.4) is 0 Å². The van der Waals surface area contributed by atoms with Crippen LogP contribution in [0.15, 0.2) is 46.5 Å². The Morgan fingerprint density at radius 2 is 2.00 bits per heavy atom. The van der Waals surface area contributed by atoms with Gasteiger partial charge in [0.25, 0.3) is 5.56 Å². The lowest BCUT2D eigenvalue weighted by molar-refractivity contribution is 0.581. The Balaban J connectivity index is 2.19. The number of sulfonamides is 1. The van der Waals surface area contributed by atoms with E-state index in [9.17, 15) is 13.2 Å². The van der Waals surface area contributed by atoms with Crippen LogP contribution in [0.4, 0.5) is 0 Å². The maximum absolute atomic E-state index is 12.0. The van der Waals surface area contributed by atoms with Crippen LogP contribution in [0.5, 0.6) is 0 Å². The number of halogens is 1. The lowest BCUT2D eigenvalue weighted by Gasteiger charge is -2.06. The zero-order chi connectivity index (χ0) is 13.9. The topological polar surface area (TPSA) is 91.9 Å². The minimum atomic E-state index is -3.72. The second-order valence-corrected chi connectivity index (χ2v) is 5.87. The highest BCUT2D eigenvalue weighted by Crippen LogP contribution is 2.10. The summed E-state index contributed by atoms with van der Waals surface area (Å²) in [6, 6.07) is 4.50. The second-order valence-electron chi connectivity index (χ2n) is 3.69. The summed E-state index contributed by atoms with van der Waals surface area (Å²) in [5, 5.41) is -0.174. The summed E-state index contributed by atoms with van der Waals surface area (Å²) in [6.45, 7) is 0.127. The Hall–Kier alpha value is -1.70. The molecule has 19 heavy (non-hydrogen) atoms. The molecule has 0 amide bonds. The lowest BCUT2D eigenvalue weighted by atomic mass is 10.3. The van der Waals surface area contributed by atoms with Crippen LogP contribution < -0.4 is 10.3 Å². The Kier molecular flexibility index (Phi) is 3.98. The first-order chi connectivity index (χ1) is 8.99. The summed E-state index contributed by atoms with van der Waals surface area (Å²) < 4.78 is 26.3. The number of nitrogens with one attached hydrogen (secondary N) is 2. The number of hydrogen-bond acceptors (Lipinski definition) is 4. The van der Waals surface area contributed by atoms with Crippen LogP contribution in [0.25, 0.3) is 0 Å². The number of aromatic amines is 1. The molecule has 0 fully saturated rings. The van der Waals surface area contributed by atoms with E-state index in [1.54, 1.807) is 24.5 Å². The van der Waals surface area contributed by atoms with Gasteiger partial charge >= 0.3 is 0 Å². The van der Waals surface area contributed by atoms with Gasteiger partial charge in [-0.2, -0.15) is 0 Å². The van der Waals surface area contributed by atoms with Gasteiger partial charge < -0.3 is 4.98 Å². The van der Waals surface area contributed by atoms with E-state index in [1.807, 2.05) is 0 Å². The third kappa shape index (κ3) is 3.40. The molecule has 2 aromatic rings. The number of rotatable bonds is 4. The van der Waals surface area contributed by atoms with E-state index in [0.717, 1.165) is 17.8 Å². The molecule has 0 atom stereocenters. The van der Waals surface area contributed by atoms with Crippen molar-refractivity contribution in [2.45, 2.75) is 11.4 Å². The highest BCUT2D eigenvalue weighted by atomic mass is 35.5. The quantitative estimate of drug-likeness (QED) is 0.877. The van der Waals surface area contributed by atoms with Crippen LogP contribution >= 0.6 is 11.6 Å². The molecule has 0 aliphatic carbocycles. The summed E-state index contributed by atoms with van der Waals surface area (Å²) in [7, 11) is -3.72. The Morgan fingerprint density at radius 1 is 1.32 bits per heavy atom. The van der Waals surface area contributed by atoms with Gasteiger partial charge in [-0.15, -0.1) is 0 Å². The molecule has 2 rings (SSSR count). The normalized spacial score (nSPS) is 11.4. The van der Waals surface area contributed by atoms with Crippen molar-refractivity contribution in [3.05, 3.63) is 57.7 Å². The maximum atomic E-state index is 12.0. The molecule has 0 unspecified atom stereocenters. The zero-order valence-electron chi connectivity index (χ0n) is 9.63. The fourth-order valence-electron chi connectivity index (χ4n) is 1.36. The van der Waals surface area contributed by atoms with E-state index in [1.165, 1.54) is 0 Å². The number of pyridine rings is 2. The average molecular weight is 300 g/mol. The maximum Gasteiger partial charge on any atom is 0.266 e. The standard InChI is InChI=1S/C11H10ClN3O3S/c12-10-5-9(7-14-11(10)16)19(17,18)15-6-8-1-3-13-4-2-8/h1-5,7,15H,6H2,(H,14,16). The minimum absolute atomic E-state index is 0.0915. The number of nitrogens with zero attached hydrogens (tertiary/aromatic N) is 1. The van der Waals surface area contributed by atoms with Crippen LogP contribution in [0, 0.1) is 0 Å². The van der Waals surface area contributed by atoms with Crippen molar-refractivity contribution in [3.8, 4) is 0 Å². The van der Waals surface area contributed by atoms with Gasteiger partial charge in [0.15, 0.2) is 0 Å². The molecule has 0 saturated heterocycles. The van der Waals surface area contributed by atoms with Gasteiger partial charge in [0, 0.05) is 25.1 Å². The molecular formula is C11H10ClN3O3S. The Labute approximate surface area is 114 Å². The highest BCUT2D eigenvalue weighted by molar-refractivity contribution is 7.89. The number of hydrogen-bond donors (Lipinski definition) is 2. The molecule has 0 bridgehead atoms. The van der Waals surface area contributed by atoms with Gasteiger partial charge in [-0.3, -0.25) is 9.78 Å². The molecule has 100 valence electrons. The van der Waals surface area contributed by atoms with E-state index in [2.05, 4.69) is 14.7 Å². The first-order valence-electron chi connectivity index (χ1n) is 5.26. The smallest absolute Gasteiger partial charge is 0.266 e. The monoisotopic (exact) mass is 299 g/mol. The molecule has 2 N–H and O–H groups in total. The van der Waals surface area contributed by atoms with Crippen molar-refractivity contribution >= 4 is 21.6 Å². The van der Waals surface area contributed by atoms with Crippen LogP contribution in [-0.4, -0.2) is 18.4 Å². The van der Waals surface area contributed by atoms with Gasteiger partial charge in [-0.25, -0.2) is 13.1 Å². The number of H-pyrrole nitrogens is 1. The van der Waals surface area contributed by atoms with Crippen LogP contribution in [0.1, 0.15) is 5.56 Å². The van der Waals surface area contributed by atoms with Crippen LogP contribution in [-0.2, 0) is 16.6 Å². The molecule has 0 aromatic carbocycles. The van der Waals surface area contributed by atoms with Gasteiger partial charge in [0.2, 0.25) is 10.0 Å². The van der Waals surface area contributed by atoms with Crippen molar-refractivity contribution in [1.82, 2.24) is 14.7 Å². The van der Waals surface area contributed by atoms with Gasteiger partial charge in [0.05, 0.1) is 4.90 Å². The molecule has 0 radical (unpaired) electrons. The first kappa shape index (κ1) is 13.7. The van der Waals surface area contributed by atoms with Crippen molar-refractivity contribution < 1.29 is 8.42 Å². The third-order valence-corrected chi connectivity index (χ3v) is 4.02. The van der Waals surface area contributed by atoms with E-state index in [4.69, 9.17) is 11.6 Å². The predicted octanol–water partition coefficient (Wildman–Crippen LogP) is 0.902. The largest absolute Gasteiger partial charge is 0.326 e. The molecule has 0 spiro atoms. The molecular weight excluding hydrogens is 290 g/mol. The summed E-state index contributed by atoms with van der Waals surface area (Å²) in [4.78, 5) is 17.1. The fraction of sp³-hybridized carbons (Fsp3) is 0.0909. The molecule has 0 aliphatic heterocycles. The van der Waals surface area contributed by atoms with E-state index >= 15 is 0 Å². The highest BCUT2D eigenvalue weighted by Gasteiger charge is 2.15. The average Bonchev–Trinajstić information content (AvgIpc) is 2.41. The molecule has 6 nitrogen and oxygen atoms in total. The predicted molar refractivity (Wildman–Crippen MR) is 70.3 cm³/mol. The summed E-state index contributed by atoms with van der Waals surface area (Å²) >= 11 is 5.59. The first-order valence-corrected chi connectivity index (χ1v) is 7.12. The Bertz CT molecular complexity index is 728. The summed E-state index contributed by atoms with van der Waals surface area (Å²) in [5.41, 5.74) is 0.240. The minimum Gasteiger partial charge on any atom is -0.326 e. The van der Waals surface area contributed by atoms with Crippen molar-refractivity contribution in [2.24, 2.45) is 0 Å². The zero-order valence-corrected chi connectivity index (χ0v) is 11.2. The molecule has 0 aliphatic rings. The Morgan fingerprint density at radius 3 is 2.63 bits per heavy atom. The lowest BCUT2D eigenvalue weighted by Crippen LogP contribution is -2.24. The summed E-state index contributed by atoms with van der Waals surface area (Å²) in [6.07, 6.45) is 4.24. The van der Waals surface area contributed by atoms with Crippen molar-refractivity contribution in [2.75, 3.05) is 0 Å². The molecule has 2 aromatic heterocycles. The van der Waals surface area contributed by atoms with Gasteiger partial charge in [0.1, 0.15) is 5.02 Å². The van der Waals surface area contributed by atoms with E-state index in [0.29, 0.717) is 0 Å². The third-order valence-electron chi connectivity index (χ3n) is 2.36. The molecule has 2 heterocycles. The van der Waals surface area contributed by atoms with Crippen LogP contribution in [0.2, 0.25) is 5.02 Å². The van der Waals surface area contributed by atoms with Gasteiger partial charge in [-0.05, 0) is 23.8 Å². The van der Waals surface area contributed by atoms with E-state index < -0.39 is 15.6 Å². The summed E-state index contributed by atoms with van der Waals surface area (Å²) in [5.74, 6) is 0.